The van der Waals surface area contributed by atoms with E-state index < -0.39 is 113 Å². The Labute approximate surface area is 647 Å². The summed E-state index contributed by atoms with van der Waals surface area (Å²) in [6, 6.07) is 1.04. The summed E-state index contributed by atoms with van der Waals surface area (Å²) < 4.78 is 136. The minimum absolute atomic E-state index is 0. The van der Waals surface area contributed by atoms with E-state index in [4.69, 9.17) is 69.5 Å². The lowest BCUT2D eigenvalue weighted by Crippen LogP contribution is -2.47. The lowest BCUT2D eigenvalue weighted by Gasteiger charge is -2.35. The second-order valence-corrected chi connectivity index (χ2v) is 32.0. The average Bonchev–Trinajstić information content (AvgIpc) is 1.60. The van der Waals surface area contributed by atoms with Gasteiger partial charge in [0.25, 0.3) is 19.3 Å². The highest BCUT2D eigenvalue weighted by molar-refractivity contribution is 9.10. The number of morpholine rings is 4. The standard InChI is InChI=1S/C21H32BF2N3O6.C18H22F2N8O2.C15H20BrF2N3O4.C13H18ClN5O2.CH4/c1-18(2,3)30-16(28)27(17(29)31-19(4,5)6)15-25-11-12(13(26-15)14(23)24)22-32-20(7,8)21(9,10)33-22;19-14(20)13-12(7-22-16(21)23-13)15-24-17(27-3-5-29-6-4-27)26-18(25-15)28-10-1-2-11(28)9-30-8-10;1-14(2,3)24-12(22)21(13(23)25-15(4,5)6)11-19-7-8(16)9(20-11)10(17)18;14-11-15-12(18-3-5-20-6-4-18)17-13(16-11)19-9-1-2-10(19)8-21-7-9;/h11,14H,1-10H3;7,10-11,14H,1-6,8-9H2,(H2,21,22,23);7,10H,1-6H3;9-10H,1-8H2;1H4. The van der Waals surface area contributed by atoms with Crippen molar-refractivity contribution >= 4 is 106 Å². The summed E-state index contributed by atoms with van der Waals surface area (Å²) in [6.07, 6.45) is -5.92. The molecule has 7 aliphatic rings. The van der Waals surface area contributed by atoms with Gasteiger partial charge in [-0.25, -0.2) is 75.4 Å². The van der Waals surface area contributed by atoms with Crippen LogP contribution in [-0.4, -0.2) is 228 Å². The first kappa shape index (κ1) is 87.5. The fourth-order valence-corrected chi connectivity index (χ4v) is 12.2. The summed E-state index contributed by atoms with van der Waals surface area (Å²) in [5, 5.41) is 0.257. The largest absolute Gasteiger partial charge is 0.498 e. The molecule has 33 nitrogen and oxygen atoms in total. The van der Waals surface area contributed by atoms with Crippen molar-refractivity contribution in [3.63, 3.8) is 0 Å². The Morgan fingerprint density at radius 1 is 0.509 bits per heavy atom. The topological polar surface area (TPSA) is 361 Å². The molecule has 7 aliphatic heterocycles. The van der Waals surface area contributed by atoms with Gasteiger partial charge in [-0.3, -0.25) is 0 Å². The molecule has 0 radical (unpaired) electrons. The number of ether oxygens (including phenoxy) is 8. The fraction of sp³-hybridized carbons (Fsp3) is 0.676. The van der Waals surface area contributed by atoms with Crippen LogP contribution in [0.4, 0.5) is 87.2 Å². The molecule has 42 heteroatoms. The highest BCUT2D eigenvalue weighted by Crippen LogP contribution is 2.40. The number of nitrogen functional groups attached to an aromatic ring is 1. The number of nitrogens with zero attached hydrogens (tertiary/aromatic N) is 18. The number of nitrogens with two attached hydrogens (primary N) is 1. The number of hydrogen-bond donors (Lipinski definition) is 1. The number of hydrogen-bond acceptors (Lipinski definition) is 31. The Hall–Kier alpha value is -8.09. The molecule has 12 heterocycles. The lowest BCUT2D eigenvalue weighted by atomic mass is 9.79. The third-order valence-corrected chi connectivity index (χ3v) is 18.0. The quantitative estimate of drug-likeness (QED) is 0.0729. The van der Waals surface area contributed by atoms with Gasteiger partial charge in [0.2, 0.25) is 46.9 Å². The molecule has 2 N–H and O–H groups in total. The Kier molecular flexibility index (Phi) is 28.4. The number of fused-ring (bicyclic) bond motifs is 4. The van der Waals surface area contributed by atoms with Crippen LogP contribution in [0.1, 0.15) is 180 Å². The number of amides is 4. The minimum Gasteiger partial charge on any atom is -0.443 e. The normalized spacial score (nSPS) is 20.2. The summed E-state index contributed by atoms with van der Waals surface area (Å²) in [5.41, 5.74) is -1.81. The van der Waals surface area contributed by atoms with Gasteiger partial charge in [0, 0.05) is 50.2 Å². The van der Waals surface area contributed by atoms with E-state index in [1.807, 2.05) is 4.90 Å². The van der Waals surface area contributed by atoms with Gasteiger partial charge in [0.05, 0.1) is 98.3 Å². The maximum absolute atomic E-state index is 14.0. The second kappa shape index (κ2) is 35.7. The lowest BCUT2D eigenvalue weighted by molar-refractivity contribution is 0.00578. The van der Waals surface area contributed by atoms with E-state index in [1.54, 1.807) is 111 Å². The van der Waals surface area contributed by atoms with Crippen LogP contribution in [0.5, 0.6) is 0 Å². The molecule has 7 saturated heterocycles. The number of alkyl halides is 6. The molecule has 0 aliphatic carbocycles. The predicted molar refractivity (Wildman–Crippen MR) is 395 cm³/mol. The monoisotopic (exact) mass is 1640 g/mol. The van der Waals surface area contributed by atoms with E-state index in [9.17, 15) is 45.5 Å². The van der Waals surface area contributed by atoms with Crippen molar-refractivity contribution in [2.45, 2.75) is 221 Å². The van der Waals surface area contributed by atoms with Crippen molar-refractivity contribution in [3.8, 4) is 11.4 Å². The number of imide groups is 2. The maximum atomic E-state index is 14.0. The molecule has 0 spiro atoms. The minimum atomic E-state index is -3.07. The van der Waals surface area contributed by atoms with Crippen LogP contribution in [0.15, 0.2) is 23.1 Å². The van der Waals surface area contributed by atoms with E-state index in [-0.39, 0.29) is 52.1 Å². The highest BCUT2D eigenvalue weighted by atomic mass is 79.9. The van der Waals surface area contributed by atoms with Crippen LogP contribution in [0.2, 0.25) is 5.28 Å². The van der Waals surface area contributed by atoms with Crippen LogP contribution < -0.4 is 40.6 Å². The summed E-state index contributed by atoms with van der Waals surface area (Å²) in [7, 11) is -1.16. The van der Waals surface area contributed by atoms with Crippen molar-refractivity contribution in [2.24, 2.45) is 0 Å². The number of rotatable bonds is 11. The zero-order valence-corrected chi connectivity index (χ0v) is 65.9. The van der Waals surface area contributed by atoms with Crippen molar-refractivity contribution in [1.82, 2.24) is 59.8 Å². The van der Waals surface area contributed by atoms with Gasteiger partial charge in [-0.15, -0.1) is 9.80 Å². The molecule has 5 aromatic rings. The van der Waals surface area contributed by atoms with E-state index in [2.05, 4.69) is 85.5 Å². The SMILES string of the molecule is C.CC(C)(C)OC(=O)N(C(=O)OC(C)(C)C)c1ncc(B2OC(C)(C)C(C)(C)O2)c(C(F)F)n1.CC(C)(C)OC(=O)N(C(=O)OC(C)(C)C)c1ncc(Br)c(C(F)F)n1.Clc1nc(N2CCOCC2)nc(N2C3CCC2COC3)n1.Nc1ncc(-c2nc(N3CCOCC3)nc(N3C4CCC3COC4)n2)c(C(F)F)n1. The Bertz CT molecular complexity index is 3920. The first-order valence-electron chi connectivity index (χ1n) is 35.2. The fourth-order valence-electron chi connectivity index (χ4n) is 11.7. The number of halogens is 8. The van der Waals surface area contributed by atoms with Gasteiger partial charge in [0.15, 0.2) is 5.82 Å². The maximum Gasteiger partial charge on any atom is 0.498 e. The van der Waals surface area contributed by atoms with Gasteiger partial charge in [-0.2, -0.15) is 29.9 Å². The molecular weight excluding hydrogens is 1550 g/mol. The molecule has 4 unspecified atom stereocenters. The van der Waals surface area contributed by atoms with Gasteiger partial charge in [0.1, 0.15) is 39.5 Å². The average molecular weight is 1640 g/mol. The number of carbonyl (C=O) groups is 4. The third kappa shape index (κ3) is 22.6. The number of aromatic nitrogens is 12. The molecule has 4 amide bonds. The van der Waals surface area contributed by atoms with Gasteiger partial charge >= 0.3 is 31.5 Å². The van der Waals surface area contributed by atoms with Crippen molar-refractivity contribution in [1.29, 1.82) is 0 Å². The molecule has 5 aromatic heterocycles. The molecule has 110 heavy (non-hydrogen) atoms. The summed E-state index contributed by atoms with van der Waals surface area (Å²) >= 11 is 9.02. The van der Waals surface area contributed by atoms with E-state index in [1.165, 1.54) is 6.20 Å². The summed E-state index contributed by atoms with van der Waals surface area (Å²) in [6.45, 7) is 34.1. The molecule has 12 rings (SSSR count). The van der Waals surface area contributed by atoms with Crippen molar-refractivity contribution < 1.29 is 92.7 Å². The number of carbonyl (C=O) groups excluding carboxylic acids is 4. The molecule has 606 valence electrons. The predicted octanol–water partition coefficient (Wildman–Crippen LogP) is 11.7. The van der Waals surface area contributed by atoms with Crippen LogP contribution in [0.25, 0.3) is 11.4 Å². The third-order valence-electron chi connectivity index (χ3n) is 17.2. The number of anilines is 7. The smallest absolute Gasteiger partial charge is 0.443 e. The summed E-state index contributed by atoms with van der Waals surface area (Å²) in [4.78, 5) is 109. The second-order valence-electron chi connectivity index (χ2n) is 30.8. The van der Waals surface area contributed by atoms with Crippen molar-refractivity contribution in [3.05, 3.63) is 45.4 Å². The molecule has 4 atom stereocenters. The molecule has 0 aromatic carbocycles. The van der Waals surface area contributed by atoms with Crippen LogP contribution in [0.3, 0.4) is 0 Å². The van der Waals surface area contributed by atoms with Crippen LogP contribution >= 0.6 is 27.5 Å². The zero-order chi connectivity index (χ0) is 80.0. The van der Waals surface area contributed by atoms with Crippen molar-refractivity contribution in [2.75, 3.05) is 114 Å². The highest BCUT2D eigenvalue weighted by Gasteiger charge is 2.54. The molecule has 0 saturated carbocycles. The summed E-state index contributed by atoms with van der Waals surface area (Å²) in [5.74, 6) is 0.948. The van der Waals surface area contributed by atoms with Gasteiger partial charge in [-0.05, 0) is 164 Å². The Morgan fingerprint density at radius 3 is 1.25 bits per heavy atom. The Morgan fingerprint density at radius 2 is 0.864 bits per heavy atom. The van der Waals surface area contributed by atoms with E-state index >= 15 is 0 Å². The van der Waals surface area contributed by atoms with Gasteiger partial charge in [-0.1, -0.05) is 7.43 Å². The zero-order valence-electron chi connectivity index (χ0n) is 63.5. The molecule has 7 fully saturated rings. The first-order valence-corrected chi connectivity index (χ1v) is 36.3. The first-order chi connectivity index (χ1) is 50.9. The molecule has 4 bridgehead atoms. The Balaban J connectivity index is 0.000000186. The van der Waals surface area contributed by atoms with Crippen LogP contribution in [-0.2, 0) is 47.2 Å². The van der Waals surface area contributed by atoms with Gasteiger partial charge < -0.3 is 72.5 Å². The van der Waals surface area contributed by atoms with E-state index in [0.717, 1.165) is 64.4 Å². The van der Waals surface area contributed by atoms with Crippen LogP contribution in [0, 0.1) is 0 Å². The molecular formula is C68H96BBrClF6N19O14. The van der Waals surface area contributed by atoms with E-state index in [0.29, 0.717) is 98.4 Å².